The Balaban J connectivity index is 1.70. The van der Waals surface area contributed by atoms with Crippen LogP contribution in [-0.2, 0) is 6.54 Å². The van der Waals surface area contributed by atoms with Crippen molar-refractivity contribution in [2.24, 2.45) is 0 Å². The highest BCUT2D eigenvalue weighted by Crippen LogP contribution is 2.26. The van der Waals surface area contributed by atoms with E-state index in [9.17, 15) is 13.9 Å². The minimum atomic E-state index is -0.525. The van der Waals surface area contributed by atoms with Crippen LogP contribution in [0.25, 0.3) is 0 Å². The molecule has 3 rings (SSSR count). The molecule has 1 aromatic carbocycles. The summed E-state index contributed by atoms with van der Waals surface area (Å²) < 4.78 is 26.5. The maximum atomic E-state index is 13.2. The van der Waals surface area contributed by atoms with Crippen LogP contribution in [-0.4, -0.2) is 52.7 Å². The van der Waals surface area contributed by atoms with E-state index >= 15 is 0 Å². The van der Waals surface area contributed by atoms with Crippen molar-refractivity contribution in [3.05, 3.63) is 35.4 Å². The summed E-state index contributed by atoms with van der Waals surface area (Å²) in [5.74, 6) is -1.05. The first kappa shape index (κ1) is 13.9. The molecule has 1 aromatic rings. The summed E-state index contributed by atoms with van der Waals surface area (Å²) >= 11 is 0. The highest BCUT2D eigenvalue weighted by molar-refractivity contribution is 5.18. The first-order chi connectivity index (χ1) is 9.51. The van der Waals surface area contributed by atoms with Gasteiger partial charge >= 0.3 is 0 Å². The summed E-state index contributed by atoms with van der Waals surface area (Å²) in [5.41, 5.74) is 0.668. The molecule has 0 bridgehead atoms. The van der Waals surface area contributed by atoms with Crippen LogP contribution in [0, 0.1) is 11.6 Å². The third-order valence-electron chi connectivity index (χ3n) is 4.38. The zero-order valence-corrected chi connectivity index (χ0v) is 11.6. The zero-order valence-electron chi connectivity index (χ0n) is 11.6. The number of hydrogen-bond donors (Lipinski definition) is 1. The second-order valence-electron chi connectivity index (χ2n) is 6.05. The summed E-state index contributed by atoms with van der Waals surface area (Å²) in [6.07, 6.45) is 0.555. The molecular weight excluding hydrogens is 262 g/mol. The second kappa shape index (κ2) is 5.39. The monoisotopic (exact) mass is 282 g/mol. The van der Waals surface area contributed by atoms with Crippen LogP contribution in [0.2, 0.25) is 0 Å². The molecule has 3 nitrogen and oxygen atoms in total. The van der Waals surface area contributed by atoms with Crippen molar-refractivity contribution in [2.45, 2.75) is 38.1 Å². The van der Waals surface area contributed by atoms with Crippen LogP contribution >= 0.6 is 0 Å². The van der Waals surface area contributed by atoms with Crippen molar-refractivity contribution in [1.29, 1.82) is 0 Å². The summed E-state index contributed by atoms with van der Waals surface area (Å²) in [6.45, 7) is 5.17. The third kappa shape index (κ3) is 2.85. The molecule has 3 atom stereocenters. The van der Waals surface area contributed by atoms with E-state index in [1.165, 1.54) is 12.1 Å². The average molecular weight is 282 g/mol. The maximum Gasteiger partial charge on any atom is 0.126 e. The topological polar surface area (TPSA) is 26.7 Å². The predicted molar refractivity (Wildman–Crippen MR) is 72.2 cm³/mol. The van der Waals surface area contributed by atoms with Gasteiger partial charge in [-0.25, -0.2) is 8.78 Å². The fourth-order valence-electron chi connectivity index (χ4n) is 3.43. The second-order valence-corrected chi connectivity index (χ2v) is 6.05. The minimum Gasteiger partial charge on any atom is -0.392 e. The molecule has 2 aliphatic heterocycles. The van der Waals surface area contributed by atoms with Gasteiger partial charge in [0.05, 0.1) is 6.10 Å². The number of aliphatic hydroxyl groups excluding tert-OH is 1. The van der Waals surface area contributed by atoms with E-state index in [1.807, 2.05) is 0 Å². The molecule has 2 heterocycles. The maximum absolute atomic E-state index is 13.2. The lowest BCUT2D eigenvalue weighted by Gasteiger charge is -2.42. The smallest absolute Gasteiger partial charge is 0.126 e. The quantitative estimate of drug-likeness (QED) is 0.892. The number of piperazine rings is 1. The van der Waals surface area contributed by atoms with E-state index < -0.39 is 11.6 Å². The SMILES string of the molecule is C[C@@H]1CN2C[C@H](O)CC2CN1Cc1cc(F)cc(F)c1. The Morgan fingerprint density at radius 1 is 1.15 bits per heavy atom. The lowest BCUT2D eigenvalue weighted by molar-refractivity contribution is 0.0527. The number of benzene rings is 1. The predicted octanol–water partition coefficient (Wildman–Crippen LogP) is 1.60. The third-order valence-corrected chi connectivity index (χ3v) is 4.38. The van der Waals surface area contributed by atoms with Crippen molar-refractivity contribution in [2.75, 3.05) is 19.6 Å². The first-order valence-electron chi connectivity index (χ1n) is 7.12. The summed E-state index contributed by atoms with van der Waals surface area (Å²) in [5, 5.41) is 9.74. The van der Waals surface area contributed by atoms with Crippen molar-refractivity contribution in [1.82, 2.24) is 9.80 Å². The Kier molecular flexibility index (Phi) is 3.75. The van der Waals surface area contributed by atoms with Crippen LogP contribution in [0.3, 0.4) is 0 Å². The van der Waals surface area contributed by atoms with Gasteiger partial charge in [0.2, 0.25) is 0 Å². The van der Waals surface area contributed by atoms with E-state index in [4.69, 9.17) is 0 Å². The van der Waals surface area contributed by atoms with Crippen molar-refractivity contribution >= 4 is 0 Å². The average Bonchev–Trinajstić information content (AvgIpc) is 2.67. The molecule has 2 fully saturated rings. The van der Waals surface area contributed by atoms with E-state index in [2.05, 4.69) is 16.7 Å². The van der Waals surface area contributed by atoms with Crippen molar-refractivity contribution < 1.29 is 13.9 Å². The molecule has 0 aromatic heterocycles. The van der Waals surface area contributed by atoms with Gasteiger partial charge in [-0.3, -0.25) is 9.80 Å². The van der Waals surface area contributed by atoms with Gasteiger partial charge < -0.3 is 5.11 Å². The van der Waals surface area contributed by atoms with Crippen LogP contribution in [0.1, 0.15) is 18.9 Å². The molecule has 0 saturated carbocycles. The minimum absolute atomic E-state index is 0.237. The number of nitrogens with zero attached hydrogens (tertiary/aromatic N) is 2. The molecule has 0 amide bonds. The summed E-state index contributed by atoms with van der Waals surface area (Å²) in [4.78, 5) is 4.56. The Hall–Kier alpha value is -1.04. The lowest BCUT2D eigenvalue weighted by atomic mass is 10.1. The van der Waals surface area contributed by atoms with Gasteiger partial charge in [-0.05, 0) is 31.0 Å². The van der Waals surface area contributed by atoms with Gasteiger partial charge in [0.15, 0.2) is 0 Å². The van der Waals surface area contributed by atoms with Crippen LogP contribution in [0.5, 0.6) is 0 Å². The van der Waals surface area contributed by atoms with Gasteiger partial charge in [-0.2, -0.15) is 0 Å². The van der Waals surface area contributed by atoms with E-state index in [-0.39, 0.29) is 6.10 Å². The summed E-state index contributed by atoms with van der Waals surface area (Å²) in [6, 6.07) is 4.37. The Labute approximate surface area is 117 Å². The molecule has 1 unspecified atom stereocenters. The van der Waals surface area contributed by atoms with E-state index in [0.29, 0.717) is 24.2 Å². The van der Waals surface area contributed by atoms with E-state index in [0.717, 1.165) is 32.1 Å². The molecule has 0 spiro atoms. The fourth-order valence-corrected chi connectivity index (χ4v) is 3.43. The molecule has 5 heteroatoms. The van der Waals surface area contributed by atoms with Gasteiger partial charge in [-0.1, -0.05) is 0 Å². The molecular formula is C15H20F2N2O. The van der Waals surface area contributed by atoms with Crippen LogP contribution < -0.4 is 0 Å². The Morgan fingerprint density at radius 3 is 2.55 bits per heavy atom. The highest BCUT2D eigenvalue weighted by Gasteiger charge is 2.37. The molecule has 0 aliphatic carbocycles. The van der Waals surface area contributed by atoms with Crippen LogP contribution in [0.4, 0.5) is 8.78 Å². The molecule has 20 heavy (non-hydrogen) atoms. The number of halogens is 2. The van der Waals surface area contributed by atoms with Gasteiger partial charge in [0, 0.05) is 44.3 Å². The van der Waals surface area contributed by atoms with Gasteiger partial charge in [0.25, 0.3) is 0 Å². The number of aliphatic hydroxyl groups is 1. The lowest BCUT2D eigenvalue weighted by Crippen LogP contribution is -2.54. The van der Waals surface area contributed by atoms with Gasteiger partial charge in [-0.15, -0.1) is 0 Å². The molecule has 110 valence electrons. The zero-order chi connectivity index (χ0) is 14.3. The number of fused-ring (bicyclic) bond motifs is 1. The van der Waals surface area contributed by atoms with Crippen molar-refractivity contribution in [3.63, 3.8) is 0 Å². The largest absolute Gasteiger partial charge is 0.392 e. The Bertz CT molecular complexity index is 477. The van der Waals surface area contributed by atoms with Gasteiger partial charge in [0.1, 0.15) is 11.6 Å². The Morgan fingerprint density at radius 2 is 1.85 bits per heavy atom. The van der Waals surface area contributed by atoms with E-state index in [1.54, 1.807) is 0 Å². The molecule has 1 N–H and O–H groups in total. The molecule has 0 radical (unpaired) electrons. The number of hydrogen-bond acceptors (Lipinski definition) is 3. The van der Waals surface area contributed by atoms with Crippen LogP contribution in [0.15, 0.2) is 18.2 Å². The number of rotatable bonds is 2. The highest BCUT2D eigenvalue weighted by atomic mass is 19.1. The molecule has 2 saturated heterocycles. The summed E-state index contributed by atoms with van der Waals surface area (Å²) in [7, 11) is 0. The fraction of sp³-hybridized carbons (Fsp3) is 0.600. The van der Waals surface area contributed by atoms with Crippen molar-refractivity contribution in [3.8, 4) is 0 Å². The first-order valence-corrected chi connectivity index (χ1v) is 7.12. The standard InChI is InChI=1S/C15H20F2N2O/c1-10-6-19-9-15(20)5-14(19)8-18(10)7-11-2-12(16)4-13(17)3-11/h2-4,10,14-15,20H,5-9H2,1H3/t10-,14?,15-/m1/s1. The molecule has 2 aliphatic rings. The normalized spacial score (nSPS) is 31.5.